The standard InChI is InChI=1S/C16H23N3O3/c1-16(2,3)19-9-11(7-17-19)14(20)18-8-10-5-4-6-12(10)13(18)15(21)22/h7,9-10,12-13H,4-6,8H2,1-3H3,(H,21,22). The first-order valence-corrected chi connectivity index (χ1v) is 7.88. The van der Waals surface area contributed by atoms with Crippen LogP contribution < -0.4 is 0 Å². The van der Waals surface area contributed by atoms with Gasteiger partial charge in [-0.05, 0) is 45.4 Å². The van der Waals surface area contributed by atoms with Gasteiger partial charge in [-0.25, -0.2) is 4.79 Å². The summed E-state index contributed by atoms with van der Waals surface area (Å²) in [7, 11) is 0. The van der Waals surface area contributed by atoms with E-state index in [1.165, 1.54) is 0 Å². The average molecular weight is 305 g/mol. The number of aromatic nitrogens is 2. The molecule has 1 aromatic rings. The van der Waals surface area contributed by atoms with Crippen molar-refractivity contribution < 1.29 is 14.7 Å². The lowest BCUT2D eigenvalue weighted by Gasteiger charge is -2.24. The van der Waals surface area contributed by atoms with Crippen molar-refractivity contribution in [2.75, 3.05) is 6.54 Å². The fraction of sp³-hybridized carbons (Fsp3) is 0.688. The van der Waals surface area contributed by atoms with Gasteiger partial charge in [0.15, 0.2) is 0 Å². The molecule has 6 heteroatoms. The Labute approximate surface area is 130 Å². The molecular weight excluding hydrogens is 282 g/mol. The topological polar surface area (TPSA) is 75.4 Å². The number of aliphatic carboxylic acids is 1. The summed E-state index contributed by atoms with van der Waals surface area (Å²) >= 11 is 0. The monoisotopic (exact) mass is 305 g/mol. The Hall–Kier alpha value is -1.85. The molecule has 3 unspecified atom stereocenters. The molecule has 0 spiro atoms. The molecule has 2 fully saturated rings. The molecular formula is C16H23N3O3. The molecule has 1 aliphatic heterocycles. The van der Waals surface area contributed by atoms with Gasteiger partial charge in [-0.2, -0.15) is 5.10 Å². The number of carbonyl (C=O) groups excluding carboxylic acids is 1. The number of amides is 1. The second-order valence-corrected chi connectivity index (χ2v) is 7.44. The van der Waals surface area contributed by atoms with E-state index in [0.717, 1.165) is 19.3 Å². The lowest BCUT2D eigenvalue weighted by atomic mass is 9.94. The van der Waals surface area contributed by atoms with Gasteiger partial charge in [-0.15, -0.1) is 0 Å². The van der Waals surface area contributed by atoms with Crippen molar-refractivity contribution in [1.29, 1.82) is 0 Å². The van der Waals surface area contributed by atoms with Crippen LogP contribution in [-0.2, 0) is 10.3 Å². The molecule has 1 amide bonds. The Bertz CT molecular complexity index is 602. The molecule has 0 bridgehead atoms. The van der Waals surface area contributed by atoms with Crippen LogP contribution in [0, 0.1) is 11.8 Å². The fourth-order valence-corrected chi connectivity index (χ4v) is 3.80. The third-order valence-corrected chi connectivity index (χ3v) is 4.92. The van der Waals surface area contributed by atoms with Crippen LogP contribution >= 0.6 is 0 Å². The van der Waals surface area contributed by atoms with E-state index in [4.69, 9.17) is 0 Å². The number of hydrogen-bond donors (Lipinski definition) is 1. The largest absolute Gasteiger partial charge is 0.480 e. The van der Waals surface area contributed by atoms with E-state index in [1.807, 2.05) is 20.8 Å². The highest BCUT2D eigenvalue weighted by Gasteiger charge is 2.49. The molecule has 0 radical (unpaired) electrons. The number of carbonyl (C=O) groups is 2. The molecule has 1 N–H and O–H groups in total. The summed E-state index contributed by atoms with van der Waals surface area (Å²) in [6.45, 7) is 6.58. The predicted octanol–water partition coefficient (Wildman–Crippen LogP) is 1.96. The summed E-state index contributed by atoms with van der Waals surface area (Å²) in [6, 6.07) is -0.682. The van der Waals surface area contributed by atoms with E-state index in [9.17, 15) is 14.7 Å². The minimum atomic E-state index is -0.883. The van der Waals surface area contributed by atoms with Crippen molar-refractivity contribution in [3.8, 4) is 0 Å². The zero-order valence-corrected chi connectivity index (χ0v) is 13.3. The zero-order valence-electron chi connectivity index (χ0n) is 13.3. The first-order chi connectivity index (χ1) is 10.3. The summed E-state index contributed by atoms with van der Waals surface area (Å²) in [5.74, 6) is -0.648. The van der Waals surface area contributed by atoms with E-state index >= 15 is 0 Å². The van der Waals surface area contributed by atoms with Gasteiger partial charge in [0.05, 0.1) is 17.3 Å². The van der Waals surface area contributed by atoms with Crippen molar-refractivity contribution in [1.82, 2.24) is 14.7 Å². The van der Waals surface area contributed by atoms with Gasteiger partial charge in [-0.3, -0.25) is 9.48 Å². The number of likely N-dealkylation sites (tertiary alicyclic amines) is 1. The third kappa shape index (κ3) is 2.40. The summed E-state index contributed by atoms with van der Waals surface area (Å²) in [5, 5.41) is 13.8. The molecule has 2 aliphatic rings. The first-order valence-electron chi connectivity index (χ1n) is 7.88. The summed E-state index contributed by atoms with van der Waals surface area (Å²) in [6.07, 6.45) is 6.27. The smallest absolute Gasteiger partial charge is 0.326 e. The van der Waals surface area contributed by atoms with E-state index in [0.29, 0.717) is 18.0 Å². The van der Waals surface area contributed by atoms with Gasteiger partial charge >= 0.3 is 5.97 Å². The molecule has 1 aromatic heterocycles. The maximum absolute atomic E-state index is 12.7. The summed E-state index contributed by atoms with van der Waals surface area (Å²) in [5.41, 5.74) is 0.271. The lowest BCUT2D eigenvalue weighted by Crippen LogP contribution is -2.43. The molecule has 1 saturated heterocycles. The van der Waals surface area contributed by atoms with Crippen molar-refractivity contribution in [3.63, 3.8) is 0 Å². The summed E-state index contributed by atoms with van der Waals surface area (Å²) in [4.78, 5) is 25.9. The lowest BCUT2D eigenvalue weighted by molar-refractivity contribution is -0.142. The maximum Gasteiger partial charge on any atom is 0.326 e. The van der Waals surface area contributed by atoms with Crippen molar-refractivity contribution >= 4 is 11.9 Å². The van der Waals surface area contributed by atoms with Crippen molar-refractivity contribution in [2.45, 2.75) is 51.6 Å². The van der Waals surface area contributed by atoms with Gasteiger partial charge < -0.3 is 10.0 Å². The Morgan fingerprint density at radius 2 is 2.05 bits per heavy atom. The van der Waals surface area contributed by atoms with Gasteiger partial charge in [0.1, 0.15) is 6.04 Å². The number of rotatable bonds is 2. The number of nitrogens with zero attached hydrogens (tertiary/aromatic N) is 3. The van der Waals surface area contributed by atoms with E-state index < -0.39 is 12.0 Å². The van der Waals surface area contributed by atoms with Crippen LogP contribution in [0.1, 0.15) is 50.4 Å². The first kappa shape index (κ1) is 15.1. The molecule has 6 nitrogen and oxygen atoms in total. The molecule has 1 aliphatic carbocycles. The Kier molecular flexibility index (Phi) is 3.50. The van der Waals surface area contributed by atoms with Crippen molar-refractivity contribution in [3.05, 3.63) is 18.0 Å². The van der Waals surface area contributed by atoms with Crippen LogP contribution in [0.2, 0.25) is 0 Å². The highest BCUT2D eigenvalue weighted by molar-refractivity contribution is 5.96. The fourth-order valence-electron chi connectivity index (χ4n) is 3.80. The van der Waals surface area contributed by atoms with Crippen LogP contribution in [0.25, 0.3) is 0 Å². The number of carboxylic acid groups (broad SMARTS) is 1. The second-order valence-electron chi connectivity index (χ2n) is 7.44. The SMILES string of the molecule is CC(C)(C)n1cc(C(=O)N2CC3CCCC3C2C(=O)O)cn1. The summed E-state index contributed by atoms with van der Waals surface area (Å²) < 4.78 is 1.74. The Morgan fingerprint density at radius 1 is 1.32 bits per heavy atom. The van der Waals surface area contributed by atoms with Gasteiger partial charge in [0.2, 0.25) is 0 Å². The Morgan fingerprint density at radius 3 is 2.64 bits per heavy atom. The number of carboxylic acids is 1. The molecule has 2 heterocycles. The number of hydrogen-bond acceptors (Lipinski definition) is 3. The van der Waals surface area contributed by atoms with Crippen LogP contribution in [0.15, 0.2) is 12.4 Å². The van der Waals surface area contributed by atoms with E-state index in [-0.39, 0.29) is 17.4 Å². The van der Waals surface area contributed by atoms with Gasteiger partial charge in [0.25, 0.3) is 5.91 Å². The highest BCUT2D eigenvalue weighted by atomic mass is 16.4. The molecule has 3 rings (SSSR count). The maximum atomic E-state index is 12.7. The minimum absolute atomic E-state index is 0.110. The predicted molar refractivity (Wildman–Crippen MR) is 80.5 cm³/mol. The molecule has 120 valence electrons. The second kappa shape index (κ2) is 5.11. The molecule has 1 saturated carbocycles. The van der Waals surface area contributed by atoms with Crippen LogP contribution in [0.3, 0.4) is 0 Å². The van der Waals surface area contributed by atoms with Crippen LogP contribution in [0.5, 0.6) is 0 Å². The molecule has 22 heavy (non-hydrogen) atoms. The van der Waals surface area contributed by atoms with Gasteiger partial charge in [0, 0.05) is 12.7 Å². The Balaban J connectivity index is 1.85. The van der Waals surface area contributed by atoms with Crippen LogP contribution in [0.4, 0.5) is 0 Å². The van der Waals surface area contributed by atoms with E-state index in [2.05, 4.69) is 5.10 Å². The zero-order chi connectivity index (χ0) is 16.1. The normalized spacial score (nSPS) is 28.0. The van der Waals surface area contributed by atoms with E-state index in [1.54, 1.807) is 22.0 Å². The van der Waals surface area contributed by atoms with Crippen LogP contribution in [-0.4, -0.2) is 44.3 Å². The molecule has 3 atom stereocenters. The average Bonchev–Trinajstić information content (AvgIpc) is 3.11. The van der Waals surface area contributed by atoms with Gasteiger partial charge in [-0.1, -0.05) is 6.42 Å². The van der Waals surface area contributed by atoms with Crippen molar-refractivity contribution in [2.24, 2.45) is 11.8 Å². The quantitative estimate of drug-likeness (QED) is 0.906. The number of fused-ring (bicyclic) bond motifs is 1. The minimum Gasteiger partial charge on any atom is -0.480 e. The highest BCUT2D eigenvalue weighted by Crippen LogP contribution is 2.42. The third-order valence-electron chi connectivity index (χ3n) is 4.92. The molecule has 0 aromatic carbocycles.